The van der Waals surface area contributed by atoms with Crippen LogP contribution >= 0.6 is 0 Å². The lowest BCUT2D eigenvalue weighted by atomic mass is 10.1. The summed E-state index contributed by atoms with van der Waals surface area (Å²) in [5, 5.41) is 3.36. The summed E-state index contributed by atoms with van der Waals surface area (Å²) in [6, 6.07) is 9.55. The van der Waals surface area contributed by atoms with E-state index in [0.29, 0.717) is 6.04 Å². The molecule has 0 aliphatic carbocycles. The van der Waals surface area contributed by atoms with Crippen molar-refractivity contribution in [2.75, 3.05) is 33.4 Å². The van der Waals surface area contributed by atoms with E-state index in [2.05, 4.69) is 55.3 Å². The zero-order valence-corrected chi connectivity index (χ0v) is 13.5. The number of nitrogens with zero attached hydrogens (tertiary/aromatic N) is 1. The van der Waals surface area contributed by atoms with Crippen LogP contribution in [0.4, 0.5) is 0 Å². The van der Waals surface area contributed by atoms with Crippen LogP contribution in [-0.4, -0.2) is 44.3 Å². The van der Waals surface area contributed by atoms with E-state index in [1.165, 1.54) is 11.1 Å². The molecule has 0 radical (unpaired) electrons. The number of nitrogens with one attached hydrogen (secondary N) is 1. The first-order valence-corrected chi connectivity index (χ1v) is 7.68. The molecule has 0 spiro atoms. The van der Waals surface area contributed by atoms with Crippen LogP contribution in [0.1, 0.15) is 31.9 Å². The lowest BCUT2D eigenvalue weighted by molar-refractivity contribution is 0.125. The predicted molar refractivity (Wildman–Crippen MR) is 86.1 cm³/mol. The van der Waals surface area contributed by atoms with E-state index in [0.717, 1.165) is 39.2 Å². The fraction of sp³-hybridized carbons (Fsp3) is 0.647. The molecule has 0 aromatic heterocycles. The fourth-order valence-electron chi connectivity index (χ4n) is 2.18. The van der Waals surface area contributed by atoms with Crippen molar-refractivity contribution in [3.63, 3.8) is 0 Å². The van der Waals surface area contributed by atoms with E-state index in [4.69, 9.17) is 4.74 Å². The van der Waals surface area contributed by atoms with Gasteiger partial charge in [-0.15, -0.1) is 0 Å². The maximum Gasteiger partial charge on any atom is 0.0589 e. The Balaban J connectivity index is 2.49. The summed E-state index contributed by atoms with van der Waals surface area (Å²) in [4.78, 5) is 2.44. The van der Waals surface area contributed by atoms with Crippen LogP contribution in [0.2, 0.25) is 0 Å². The first-order chi connectivity index (χ1) is 9.67. The van der Waals surface area contributed by atoms with Crippen molar-refractivity contribution < 1.29 is 4.74 Å². The van der Waals surface area contributed by atoms with Crippen molar-refractivity contribution in [1.29, 1.82) is 0 Å². The number of likely N-dealkylation sites (N-methyl/N-ethyl adjacent to an activating group) is 1. The number of ether oxygens (including phenoxy) is 1. The molecule has 114 valence electrons. The average Bonchev–Trinajstić information content (AvgIpc) is 2.45. The fourth-order valence-corrected chi connectivity index (χ4v) is 2.18. The smallest absolute Gasteiger partial charge is 0.0589 e. The summed E-state index contributed by atoms with van der Waals surface area (Å²) in [5.74, 6) is 0. The van der Waals surface area contributed by atoms with Gasteiger partial charge >= 0.3 is 0 Å². The molecule has 0 atom stereocenters. The van der Waals surface area contributed by atoms with Crippen molar-refractivity contribution in [3.8, 4) is 0 Å². The maximum absolute atomic E-state index is 5.19. The van der Waals surface area contributed by atoms with E-state index >= 15 is 0 Å². The van der Waals surface area contributed by atoms with E-state index in [1.54, 1.807) is 7.11 Å². The van der Waals surface area contributed by atoms with Gasteiger partial charge in [0.05, 0.1) is 6.61 Å². The molecule has 0 saturated carbocycles. The molecule has 1 aromatic carbocycles. The molecule has 0 aliphatic rings. The summed E-state index contributed by atoms with van der Waals surface area (Å²) in [5.41, 5.74) is 2.78. The molecule has 1 N–H and O–H groups in total. The lowest BCUT2D eigenvalue weighted by Crippen LogP contribution is -2.33. The quantitative estimate of drug-likeness (QED) is 0.666. The minimum absolute atomic E-state index is 0.540. The van der Waals surface area contributed by atoms with Crippen LogP contribution in [0.15, 0.2) is 24.3 Å². The lowest BCUT2D eigenvalue weighted by Gasteiger charge is -2.26. The van der Waals surface area contributed by atoms with Gasteiger partial charge in [-0.2, -0.15) is 0 Å². The largest absolute Gasteiger partial charge is 0.383 e. The molecule has 0 unspecified atom stereocenters. The molecule has 0 heterocycles. The van der Waals surface area contributed by atoms with Gasteiger partial charge in [0.15, 0.2) is 0 Å². The Morgan fingerprint density at radius 3 is 2.35 bits per heavy atom. The third kappa shape index (κ3) is 6.51. The molecular formula is C17H30N2O. The van der Waals surface area contributed by atoms with Gasteiger partial charge in [-0.1, -0.05) is 31.2 Å². The van der Waals surface area contributed by atoms with Crippen LogP contribution in [0.25, 0.3) is 0 Å². The Morgan fingerprint density at radius 2 is 1.80 bits per heavy atom. The predicted octanol–water partition coefficient (Wildman–Crippen LogP) is 2.70. The Labute approximate surface area is 124 Å². The van der Waals surface area contributed by atoms with E-state index in [-0.39, 0.29) is 0 Å². The van der Waals surface area contributed by atoms with Crippen molar-refractivity contribution in [3.05, 3.63) is 35.4 Å². The molecule has 1 rings (SSSR count). The van der Waals surface area contributed by atoms with Crippen LogP contribution in [-0.2, 0) is 17.7 Å². The second-order valence-corrected chi connectivity index (χ2v) is 5.48. The van der Waals surface area contributed by atoms with E-state index in [1.807, 2.05) is 0 Å². The topological polar surface area (TPSA) is 24.5 Å². The first-order valence-electron chi connectivity index (χ1n) is 7.68. The van der Waals surface area contributed by atoms with Gasteiger partial charge < -0.3 is 10.1 Å². The molecule has 0 amide bonds. The summed E-state index contributed by atoms with van der Waals surface area (Å²) < 4.78 is 5.19. The maximum atomic E-state index is 5.19. The van der Waals surface area contributed by atoms with Gasteiger partial charge in [0.1, 0.15) is 0 Å². The molecule has 3 heteroatoms. The Kier molecular flexibility index (Phi) is 8.51. The van der Waals surface area contributed by atoms with E-state index in [9.17, 15) is 0 Å². The highest BCUT2D eigenvalue weighted by atomic mass is 16.5. The third-order valence-corrected chi connectivity index (χ3v) is 3.56. The van der Waals surface area contributed by atoms with Crippen molar-refractivity contribution >= 4 is 0 Å². The number of methoxy groups -OCH3 is 1. The van der Waals surface area contributed by atoms with Gasteiger partial charge in [-0.05, 0) is 44.5 Å². The highest BCUT2D eigenvalue weighted by molar-refractivity contribution is 5.22. The van der Waals surface area contributed by atoms with Crippen LogP contribution in [0.5, 0.6) is 0 Å². The van der Waals surface area contributed by atoms with Gasteiger partial charge in [-0.25, -0.2) is 0 Å². The van der Waals surface area contributed by atoms with Gasteiger partial charge in [0.2, 0.25) is 0 Å². The zero-order chi connectivity index (χ0) is 14.8. The Hall–Kier alpha value is -0.900. The summed E-state index contributed by atoms with van der Waals surface area (Å²) in [6.45, 7) is 11.5. The van der Waals surface area contributed by atoms with Crippen LogP contribution < -0.4 is 5.32 Å². The van der Waals surface area contributed by atoms with Gasteiger partial charge in [-0.3, -0.25) is 4.90 Å². The van der Waals surface area contributed by atoms with Gasteiger partial charge in [0, 0.05) is 26.2 Å². The minimum atomic E-state index is 0.540. The normalized spacial score (nSPS) is 11.5. The molecule has 0 aliphatic heterocycles. The highest BCUT2D eigenvalue weighted by Gasteiger charge is 2.09. The Bertz CT molecular complexity index is 349. The van der Waals surface area contributed by atoms with Gasteiger partial charge in [0.25, 0.3) is 0 Å². The first kappa shape index (κ1) is 17.2. The van der Waals surface area contributed by atoms with Crippen molar-refractivity contribution in [2.45, 2.75) is 39.8 Å². The number of hydrogen-bond acceptors (Lipinski definition) is 3. The Morgan fingerprint density at radius 1 is 1.15 bits per heavy atom. The molecule has 3 nitrogen and oxygen atoms in total. The molecular weight excluding hydrogens is 248 g/mol. The molecule has 20 heavy (non-hydrogen) atoms. The third-order valence-electron chi connectivity index (χ3n) is 3.56. The average molecular weight is 278 g/mol. The second-order valence-electron chi connectivity index (χ2n) is 5.48. The second kappa shape index (κ2) is 9.92. The summed E-state index contributed by atoms with van der Waals surface area (Å²) >= 11 is 0. The standard InChI is InChI=1S/C17H30N2O/c1-5-18-11-10-16-6-8-17(9-7-16)14-19(15(2)3)12-13-20-4/h6-9,15,18H,5,10-14H2,1-4H3. The van der Waals surface area contributed by atoms with Crippen molar-refractivity contribution in [2.24, 2.45) is 0 Å². The summed E-state index contributed by atoms with van der Waals surface area (Å²) in [6.07, 6.45) is 1.10. The van der Waals surface area contributed by atoms with Crippen LogP contribution in [0.3, 0.4) is 0 Å². The number of rotatable bonds is 10. The molecule has 1 aromatic rings. The monoisotopic (exact) mass is 278 g/mol. The highest BCUT2D eigenvalue weighted by Crippen LogP contribution is 2.10. The van der Waals surface area contributed by atoms with Crippen LogP contribution in [0, 0.1) is 0 Å². The minimum Gasteiger partial charge on any atom is -0.383 e. The molecule has 0 fully saturated rings. The summed E-state index contributed by atoms with van der Waals surface area (Å²) in [7, 11) is 1.76. The SMILES string of the molecule is CCNCCc1ccc(CN(CCOC)C(C)C)cc1. The number of benzene rings is 1. The van der Waals surface area contributed by atoms with Crippen molar-refractivity contribution in [1.82, 2.24) is 10.2 Å². The number of hydrogen-bond donors (Lipinski definition) is 1. The van der Waals surface area contributed by atoms with E-state index < -0.39 is 0 Å². The zero-order valence-electron chi connectivity index (χ0n) is 13.5. The molecule has 0 bridgehead atoms. The molecule has 0 saturated heterocycles.